The number of aryl methyl sites for hydroxylation is 3. The van der Waals surface area contributed by atoms with Crippen LogP contribution in [0.4, 0.5) is 11.4 Å². The first-order valence-electron chi connectivity index (χ1n) is 8.46. The van der Waals surface area contributed by atoms with Crippen LogP contribution >= 0.6 is 0 Å². The average Bonchev–Trinajstić information content (AvgIpc) is 2.94. The molecule has 3 aromatic rings. The van der Waals surface area contributed by atoms with Gasteiger partial charge in [0.25, 0.3) is 5.91 Å². The topological polar surface area (TPSA) is 48.1 Å². The number of nitrogens with zero attached hydrogens (tertiary/aromatic N) is 1. The minimum atomic E-state index is -0.241. The zero-order valence-electron chi connectivity index (χ0n) is 14.6. The van der Waals surface area contributed by atoms with Crippen molar-refractivity contribution < 1.29 is 4.79 Å². The molecule has 1 atom stereocenters. The number of carbonyl (C=O) groups excluding carboxylic acids is 1. The second-order valence-electron chi connectivity index (χ2n) is 6.64. The van der Waals surface area contributed by atoms with E-state index in [4.69, 9.17) is 0 Å². The number of anilines is 2. The van der Waals surface area contributed by atoms with Gasteiger partial charge in [-0.05, 0) is 51.1 Å². The van der Waals surface area contributed by atoms with E-state index in [1.54, 1.807) is 0 Å². The molecule has 0 saturated heterocycles. The van der Waals surface area contributed by atoms with Crippen molar-refractivity contribution in [3.63, 3.8) is 0 Å². The molecule has 2 heterocycles. The Morgan fingerprint density at radius 1 is 0.960 bits per heavy atom. The predicted molar refractivity (Wildman–Crippen MR) is 101 cm³/mol. The lowest BCUT2D eigenvalue weighted by Crippen LogP contribution is -2.43. The van der Waals surface area contributed by atoms with Gasteiger partial charge >= 0.3 is 0 Å². The quantitative estimate of drug-likeness (QED) is 0.714. The van der Waals surface area contributed by atoms with Crippen molar-refractivity contribution in [1.82, 2.24) is 4.98 Å². The lowest BCUT2D eigenvalue weighted by molar-refractivity contribution is 0.0975. The number of H-pyrrole nitrogens is 1. The smallest absolute Gasteiger partial charge is 0.262 e. The number of hydrogen-bond acceptors (Lipinski definition) is 2. The SMILES string of the molecule is Cc1ccc(N2C(=O)c3ccccc3N[C@H]2c2cc(C)[nH]c2C)cc1. The standard InChI is InChI=1S/C21H21N3O/c1-13-8-10-16(11-9-13)24-20(18-12-14(2)22-15(18)3)23-19-7-5-4-6-17(19)21(24)25/h4-12,20,22-23H,1-3H3/t20-/m1/s1. The van der Waals surface area contributed by atoms with Crippen LogP contribution in [-0.2, 0) is 0 Å². The number of fused-ring (bicyclic) bond motifs is 1. The molecule has 126 valence electrons. The summed E-state index contributed by atoms with van der Waals surface area (Å²) in [6, 6.07) is 17.9. The van der Waals surface area contributed by atoms with E-state index in [9.17, 15) is 4.79 Å². The molecule has 2 aromatic carbocycles. The lowest BCUT2D eigenvalue weighted by Gasteiger charge is -2.38. The van der Waals surface area contributed by atoms with Crippen LogP contribution < -0.4 is 10.2 Å². The zero-order chi connectivity index (χ0) is 17.6. The molecule has 4 rings (SSSR count). The van der Waals surface area contributed by atoms with Gasteiger partial charge in [0, 0.05) is 28.3 Å². The van der Waals surface area contributed by atoms with Crippen LogP contribution in [0.2, 0.25) is 0 Å². The summed E-state index contributed by atoms with van der Waals surface area (Å²) in [4.78, 5) is 18.5. The molecule has 0 spiro atoms. The minimum Gasteiger partial charge on any atom is -0.362 e. The normalized spacial score (nSPS) is 16.5. The van der Waals surface area contributed by atoms with Crippen molar-refractivity contribution in [2.24, 2.45) is 0 Å². The largest absolute Gasteiger partial charge is 0.362 e. The summed E-state index contributed by atoms with van der Waals surface area (Å²) in [5.74, 6) is 0.0152. The third-order valence-corrected chi connectivity index (χ3v) is 4.72. The summed E-state index contributed by atoms with van der Waals surface area (Å²) in [5.41, 5.74) is 6.88. The highest BCUT2D eigenvalue weighted by Crippen LogP contribution is 2.37. The molecular formula is C21H21N3O. The Morgan fingerprint density at radius 3 is 2.36 bits per heavy atom. The molecule has 1 aliphatic rings. The summed E-state index contributed by atoms with van der Waals surface area (Å²) >= 11 is 0. The molecule has 2 N–H and O–H groups in total. The Kier molecular flexibility index (Phi) is 3.61. The zero-order valence-corrected chi connectivity index (χ0v) is 14.6. The fraction of sp³-hybridized carbons (Fsp3) is 0.190. The van der Waals surface area contributed by atoms with E-state index >= 15 is 0 Å². The van der Waals surface area contributed by atoms with Crippen LogP contribution in [0.3, 0.4) is 0 Å². The van der Waals surface area contributed by atoms with Gasteiger partial charge in [-0.15, -0.1) is 0 Å². The minimum absolute atomic E-state index is 0.0152. The summed E-state index contributed by atoms with van der Waals surface area (Å²) in [6.07, 6.45) is -0.241. The van der Waals surface area contributed by atoms with Gasteiger partial charge in [-0.3, -0.25) is 9.69 Å². The molecule has 1 aliphatic heterocycles. The van der Waals surface area contributed by atoms with E-state index in [-0.39, 0.29) is 12.1 Å². The van der Waals surface area contributed by atoms with Crippen LogP contribution in [0.5, 0.6) is 0 Å². The first kappa shape index (κ1) is 15.5. The number of hydrogen-bond donors (Lipinski definition) is 2. The van der Waals surface area contributed by atoms with Crippen molar-refractivity contribution in [2.45, 2.75) is 26.9 Å². The Balaban J connectivity index is 1.88. The summed E-state index contributed by atoms with van der Waals surface area (Å²) in [5, 5.41) is 3.55. The van der Waals surface area contributed by atoms with Gasteiger partial charge in [-0.2, -0.15) is 0 Å². The molecule has 0 saturated carbocycles. The van der Waals surface area contributed by atoms with Gasteiger partial charge in [-0.1, -0.05) is 29.8 Å². The molecule has 4 nitrogen and oxygen atoms in total. The van der Waals surface area contributed by atoms with Gasteiger partial charge in [0.15, 0.2) is 0 Å². The molecule has 25 heavy (non-hydrogen) atoms. The van der Waals surface area contributed by atoms with E-state index in [1.807, 2.05) is 74.2 Å². The molecule has 0 aliphatic carbocycles. The second-order valence-corrected chi connectivity index (χ2v) is 6.64. The van der Waals surface area contributed by atoms with Crippen LogP contribution in [0.1, 0.15) is 39.0 Å². The summed E-state index contributed by atoms with van der Waals surface area (Å²) in [6.45, 7) is 6.13. The highest BCUT2D eigenvalue weighted by atomic mass is 16.2. The molecule has 1 aromatic heterocycles. The fourth-order valence-electron chi connectivity index (χ4n) is 3.47. The first-order chi connectivity index (χ1) is 12.0. The van der Waals surface area contributed by atoms with Gasteiger partial charge < -0.3 is 10.3 Å². The summed E-state index contributed by atoms with van der Waals surface area (Å²) in [7, 11) is 0. The fourth-order valence-corrected chi connectivity index (χ4v) is 3.47. The maximum atomic E-state index is 13.3. The van der Waals surface area contributed by atoms with E-state index in [2.05, 4.69) is 16.4 Å². The first-order valence-corrected chi connectivity index (χ1v) is 8.46. The molecule has 0 unspecified atom stereocenters. The van der Waals surface area contributed by atoms with Crippen LogP contribution in [0.25, 0.3) is 0 Å². The number of amides is 1. The Labute approximate surface area is 147 Å². The van der Waals surface area contributed by atoms with Crippen molar-refractivity contribution in [2.75, 3.05) is 10.2 Å². The van der Waals surface area contributed by atoms with E-state index in [0.717, 1.165) is 28.3 Å². The number of para-hydroxylation sites is 1. The molecule has 0 fully saturated rings. The number of rotatable bonds is 2. The van der Waals surface area contributed by atoms with E-state index < -0.39 is 0 Å². The van der Waals surface area contributed by atoms with Crippen molar-refractivity contribution >= 4 is 17.3 Å². The maximum Gasteiger partial charge on any atom is 0.262 e. The number of benzene rings is 2. The second kappa shape index (κ2) is 5.81. The monoisotopic (exact) mass is 331 g/mol. The Morgan fingerprint density at radius 2 is 1.68 bits per heavy atom. The third-order valence-electron chi connectivity index (χ3n) is 4.72. The van der Waals surface area contributed by atoms with Crippen LogP contribution in [0, 0.1) is 20.8 Å². The predicted octanol–water partition coefficient (Wildman–Crippen LogP) is 4.71. The lowest BCUT2D eigenvalue weighted by atomic mass is 10.0. The molecule has 4 heteroatoms. The number of nitrogens with one attached hydrogen (secondary N) is 2. The van der Waals surface area contributed by atoms with Crippen molar-refractivity contribution in [1.29, 1.82) is 0 Å². The van der Waals surface area contributed by atoms with Crippen LogP contribution in [0.15, 0.2) is 54.6 Å². The third kappa shape index (κ3) is 2.60. The maximum absolute atomic E-state index is 13.3. The number of aromatic nitrogens is 1. The highest BCUT2D eigenvalue weighted by molar-refractivity contribution is 6.12. The van der Waals surface area contributed by atoms with Gasteiger partial charge in [0.2, 0.25) is 0 Å². The van der Waals surface area contributed by atoms with Gasteiger partial charge in [-0.25, -0.2) is 0 Å². The molecular weight excluding hydrogens is 310 g/mol. The average molecular weight is 331 g/mol. The Hall–Kier alpha value is -3.01. The molecule has 1 amide bonds. The highest BCUT2D eigenvalue weighted by Gasteiger charge is 2.35. The van der Waals surface area contributed by atoms with Gasteiger partial charge in [0.05, 0.1) is 5.56 Å². The molecule has 0 radical (unpaired) electrons. The van der Waals surface area contributed by atoms with Gasteiger partial charge in [0.1, 0.15) is 6.17 Å². The Bertz CT molecular complexity index is 940. The summed E-state index contributed by atoms with van der Waals surface area (Å²) < 4.78 is 0. The number of carbonyl (C=O) groups is 1. The van der Waals surface area contributed by atoms with Crippen molar-refractivity contribution in [3.05, 3.63) is 82.7 Å². The number of aromatic amines is 1. The van der Waals surface area contributed by atoms with Crippen LogP contribution in [-0.4, -0.2) is 10.9 Å². The van der Waals surface area contributed by atoms with E-state index in [0.29, 0.717) is 5.56 Å². The van der Waals surface area contributed by atoms with Crippen molar-refractivity contribution in [3.8, 4) is 0 Å². The van der Waals surface area contributed by atoms with E-state index in [1.165, 1.54) is 5.56 Å². The molecule has 0 bridgehead atoms.